The molecule has 1 amide bonds. The Bertz CT molecular complexity index is 362. The van der Waals surface area contributed by atoms with Crippen molar-refractivity contribution in [1.82, 2.24) is 0 Å². The van der Waals surface area contributed by atoms with E-state index in [1.165, 1.54) is 12.1 Å². The number of aliphatic hydroxyl groups excluding tert-OH is 1. The van der Waals surface area contributed by atoms with E-state index in [-0.39, 0.29) is 11.3 Å². The molecule has 5 heteroatoms. The van der Waals surface area contributed by atoms with Crippen LogP contribution in [0, 0.1) is 0 Å². The van der Waals surface area contributed by atoms with E-state index in [0.717, 1.165) is 0 Å². The van der Waals surface area contributed by atoms with Gasteiger partial charge in [0, 0.05) is 0 Å². The molecular formula is C9H9NO4. The molecule has 0 radical (unpaired) electrons. The fourth-order valence-electron chi connectivity index (χ4n) is 0.968. The molecule has 0 saturated heterocycles. The Kier molecular flexibility index (Phi) is 3.19. The van der Waals surface area contributed by atoms with E-state index in [1.54, 1.807) is 12.1 Å². The lowest BCUT2D eigenvalue weighted by molar-refractivity contribution is -0.118. The number of carboxylic acid groups (broad SMARTS) is 1. The molecule has 0 atom stereocenters. The van der Waals surface area contributed by atoms with Crippen LogP contribution >= 0.6 is 0 Å². The molecule has 1 rings (SSSR count). The van der Waals surface area contributed by atoms with Gasteiger partial charge in [-0.1, -0.05) is 12.1 Å². The number of nitrogens with one attached hydrogen (secondary N) is 1. The molecule has 1 aromatic carbocycles. The Hall–Kier alpha value is -1.88. The van der Waals surface area contributed by atoms with E-state index in [9.17, 15) is 9.59 Å². The molecule has 0 bridgehead atoms. The summed E-state index contributed by atoms with van der Waals surface area (Å²) in [6, 6.07) is 5.98. The van der Waals surface area contributed by atoms with Gasteiger partial charge in [-0.25, -0.2) is 4.79 Å². The van der Waals surface area contributed by atoms with E-state index >= 15 is 0 Å². The van der Waals surface area contributed by atoms with Gasteiger partial charge >= 0.3 is 5.97 Å². The molecular weight excluding hydrogens is 186 g/mol. The van der Waals surface area contributed by atoms with Gasteiger partial charge in [-0.05, 0) is 12.1 Å². The quantitative estimate of drug-likeness (QED) is 0.648. The maximum atomic E-state index is 10.8. The predicted octanol–water partition coefficient (Wildman–Crippen LogP) is 0.316. The second-order valence-corrected chi connectivity index (χ2v) is 2.56. The largest absolute Gasteiger partial charge is 0.478 e. The maximum Gasteiger partial charge on any atom is 0.337 e. The third-order valence-electron chi connectivity index (χ3n) is 1.58. The molecule has 14 heavy (non-hydrogen) atoms. The summed E-state index contributed by atoms with van der Waals surface area (Å²) >= 11 is 0. The second-order valence-electron chi connectivity index (χ2n) is 2.56. The van der Waals surface area contributed by atoms with Gasteiger partial charge in [-0.15, -0.1) is 0 Å². The SMILES string of the molecule is O=C(CO)Nc1ccccc1C(=O)O. The third kappa shape index (κ3) is 2.30. The zero-order valence-corrected chi connectivity index (χ0v) is 7.23. The number of aliphatic hydroxyl groups is 1. The van der Waals surface area contributed by atoms with Gasteiger partial charge in [0.1, 0.15) is 6.61 Å². The predicted molar refractivity (Wildman–Crippen MR) is 49.1 cm³/mol. The lowest BCUT2D eigenvalue weighted by Gasteiger charge is -2.05. The van der Waals surface area contributed by atoms with E-state index in [4.69, 9.17) is 10.2 Å². The first-order valence-corrected chi connectivity index (χ1v) is 3.88. The molecule has 0 aromatic heterocycles. The first-order chi connectivity index (χ1) is 6.65. The monoisotopic (exact) mass is 195 g/mol. The fourth-order valence-corrected chi connectivity index (χ4v) is 0.968. The summed E-state index contributed by atoms with van der Waals surface area (Å²) in [4.78, 5) is 21.5. The normalized spacial score (nSPS) is 9.50. The van der Waals surface area contributed by atoms with Crippen LogP contribution in [0.5, 0.6) is 0 Å². The zero-order valence-electron chi connectivity index (χ0n) is 7.23. The zero-order chi connectivity index (χ0) is 10.6. The van der Waals surface area contributed by atoms with Crippen molar-refractivity contribution in [2.45, 2.75) is 0 Å². The minimum atomic E-state index is -1.13. The van der Waals surface area contributed by atoms with Crippen LogP contribution in [0.25, 0.3) is 0 Å². The van der Waals surface area contributed by atoms with Crippen LogP contribution in [0.2, 0.25) is 0 Å². The van der Waals surface area contributed by atoms with Crippen molar-refractivity contribution >= 4 is 17.6 Å². The number of amides is 1. The van der Waals surface area contributed by atoms with Crippen molar-refractivity contribution in [3.05, 3.63) is 29.8 Å². The number of carbonyl (C=O) groups excluding carboxylic acids is 1. The second kappa shape index (κ2) is 4.38. The lowest BCUT2D eigenvalue weighted by Crippen LogP contribution is -2.17. The molecule has 0 unspecified atom stereocenters. The van der Waals surface area contributed by atoms with E-state index < -0.39 is 18.5 Å². The van der Waals surface area contributed by atoms with Gasteiger partial charge in [-0.2, -0.15) is 0 Å². The third-order valence-corrected chi connectivity index (χ3v) is 1.58. The topological polar surface area (TPSA) is 86.6 Å². The first kappa shape index (κ1) is 10.2. The molecule has 0 saturated carbocycles. The minimum absolute atomic E-state index is 0.00528. The van der Waals surface area contributed by atoms with Crippen molar-refractivity contribution < 1.29 is 19.8 Å². The van der Waals surface area contributed by atoms with Crippen molar-refractivity contribution in [1.29, 1.82) is 0 Å². The molecule has 0 heterocycles. The molecule has 0 aliphatic carbocycles. The highest BCUT2D eigenvalue weighted by molar-refractivity contribution is 6.00. The highest BCUT2D eigenvalue weighted by atomic mass is 16.4. The summed E-state index contributed by atoms with van der Waals surface area (Å²) in [6.07, 6.45) is 0. The van der Waals surface area contributed by atoms with Crippen LogP contribution < -0.4 is 5.32 Å². The van der Waals surface area contributed by atoms with Crippen molar-refractivity contribution in [3.8, 4) is 0 Å². The molecule has 74 valence electrons. The molecule has 5 nitrogen and oxygen atoms in total. The number of carbonyl (C=O) groups is 2. The van der Waals surface area contributed by atoms with Gasteiger partial charge in [-0.3, -0.25) is 4.79 Å². The van der Waals surface area contributed by atoms with Crippen LogP contribution in [0.1, 0.15) is 10.4 Å². The van der Waals surface area contributed by atoms with Crippen LogP contribution in [0.15, 0.2) is 24.3 Å². The number of hydrogen-bond donors (Lipinski definition) is 3. The molecule has 3 N–H and O–H groups in total. The molecule has 1 aromatic rings. The van der Waals surface area contributed by atoms with Gasteiger partial charge in [0.25, 0.3) is 0 Å². The molecule has 0 aliphatic heterocycles. The summed E-state index contributed by atoms with van der Waals surface area (Å²) in [5.74, 6) is -1.77. The van der Waals surface area contributed by atoms with Crippen LogP contribution in [-0.4, -0.2) is 28.7 Å². The number of para-hydroxylation sites is 1. The molecule has 0 spiro atoms. The first-order valence-electron chi connectivity index (χ1n) is 3.88. The van der Waals surface area contributed by atoms with Gasteiger partial charge in [0.15, 0.2) is 0 Å². The van der Waals surface area contributed by atoms with E-state index in [1.807, 2.05) is 0 Å². The molecule has 0 aliphatic rings. The number of hydrogen-bond acceptors (Lipinski definition) is 3. The fraction of sp³-hybridized carbons (Fsp3) is 0.111. The highest BCUT2D eigenvalue weighted by Gasteiger charge is 2.10. The van der Waals surface area contributed by atoms with Gasteiger partial charge in [0.2, 0.25) is 5.91 Å². The average Bonchev–Trinajstić information content (AvgIpc) is 2.18. The summed E-state index contributed by atoms with van der Waals surface area (Å²) in [5, 5.41) is 19.5. The number of anilines is 1. The summed E-state index contributed by atoms with van der Waals surface area (Å²) in [6.45, 7) is -0.673. The Morgan fingerprint density at radius 1 is 1.29 bits per heavy atom. The minimum Gasteiger partial charge on any atom is -0.478 e. The van der Waals surface area contributed by atoms with Crippen LogP contribution in [0.4, 0.5) is 5.69 Å². The van der Waals surface area contributed by atoms with Crippen LogP contribution in [0.3, 0.4) is 0 Å². The Morgan fingerprint density at radius 3 is 2.50 bits per heavy atom. The summed E-state index contributed by atoms with van der Waals surface area (Å²) < 4.78 is 0. The number of carboxylic acids is 1. The number of rotatable bonds is 3. The van der Waals surface area contributed by atoms with Crippen LogP contribution in [-0.2, 0) is 4.79 Å². The standard InChI is InChI=1S/C9H9NO4/c11-5-8(12)10-7-4-2-1-3-6(7)9(13)14/h1-4,11H,5H2,(H,10,12)(H,13,14). The van der Waals surface area contributed by atoms with Gasteiger partial charge in [0.05, 0.1) is 11.3 Å². The van der Waals surface area contributed by atoms with Crippen molar-refractivity contribution in [2.75, 3.05) is 11.9 Å². The Balaban J connectivity index is 2.95. The Labute approximate surface area is 80.0 Å². The smallest absolute Gasteiger partial charge is 0.337 e. The lowest BCUT2D eigenvalue weighted by atomic mass is 10.2. The Morgan fingerprint density at radius 2 is 1.93 bits per heavy atom. The van der Waals surface area contributed by atoms with Gasteiger partial charge < -0.3 is 15.5 Å². The number of aromatic carboxylic acids is 1. The average molecular weight is 195 g/mol. The summed E-state index contributed by atoms with van der Waals surface area (Å²) in [5.41, 5.74) is 0.174. The highest BCUT2D eigenvalue weighted by Crippen LogP contribution is 2.14. The maximum absolute atomic E-state index is 10.8. The molecule has 0 fully saturated rings. The van der Waals surface area contributed by atoms with E-state index in [2.05, 4.69) is 5.32 Å². The van der Waals surface area contributed by atoms with Crippen molar-refractivity contribution in [3.63, 3.8) is 0 Å². The number of benzene rings is 1. The summed E-state index contributed by atoms with van der Waals surface area (Å²) in [7, 11) is 0. The van der Waals surface area contributed by atoms with E-state index in [0.29, 0.717) is 0 Å². The van der Waals surface area contributed by atoms with Crippen molar-refractivity contribution in [2.24, 2.45) is 0 Å².